The number of nitrogens with one attached hydrogen (secondary N) is 1. The Labute approximate surface area is 138 Å². The predicted octanol–water partition coefficient (Wildman–Crippen LogP) is 5.50. The molecular formula is C15H13Br2F2NO. The van der Waals surface area contributed by atoms with Crippen LogP contribution in [0.2, 0.25) is 0 Å². The highest BCUT2D eigenvalue weighted by molar-refractivity contribution is 9.11. The zero-order chi connectivity index (χ0) is 15.4. The zero-order valence-electron chi connectivity index (χ0n) is 11.2. The molecule has 2 aromatic carbocycles. The van der Waals surface area contributed by atoms with Gasteiger partial charge in [0.25, 0.3) is 0 Å². The van der Waals surface area contributed by atoms with Crippen molar-refractivity contribution in [2.75, 3.05) is 11.9 Å². The monoisotopic (exact) mass is 419 g/mol. The lowest BCUT2D eigenvalue weighted by Crippen LogP contribution is -2.01. The summed E-state index contributed by atoms with van der Waals surface area (Å²) in [6, 6.07) is 7.57. The molecule has 0 radical (unpaired) electrons. The summed E-state index contributed by atoms with van der Waals surface area (Å²) >= 11 is 6.91. The van der Waals surface area contributed by atoms with Gasteiger partial charge in [0.1, 0.15) is 5.75 Å². The molecule has 0 bridgehead atoms. The van der Waals surface area contributed by atoms with Gasteiger partial charge in [-0.2, -0.15) is 0 Å². The lowest BCUT2D eigenvalue weighted by atomic mass is 10.2. The minimum Gasteiger partial charge on any atom is -0.492 e. The number of hydrogen-bond acceptors (Lipinski definition) is 2. The van der Waals surface area contributed by atoms with Gasteiger partial charge in [-0.1, -0.05) is 0 Å². The Morgan fingerprint density at radius 3 is 2.29 bits per heavy atom. The van der Waals surface area contributed by atoms with Gasteiger partial charge in [-0.3, -0.25) is 0 Å². The first-order valence-electron chi connectivity index (χ1n) is 6.31. The maximum absolute atomic E-state index is 13.1. The maximum Gasteiger partial charge on any atom is 0.160 e. The van der Waals surface area contributed by atoms with Gasteiger partial charge in [0, 0.05) is 18.3 Å². The van der Waals surface area contributed by atoms with Gasteiger partial charge in [0.2, 0.25) is 0 Å². The van der Waals surface area contributed by atoms with Crippen LogP contribution in [0.5, 0.6) is 5.75 Å². The van der Waals surface area contributed by atoms with Crippen LogP contribution in [0.3, 0.4) is 0 Å². The maximum atomic E-state index is 13.1. The second-order valence-corrected chi connectivity index (χ2v) is 6.01. The predicted molar refractivity (Wildman–Crippen MR) is 86.7 cm³/mol. The van der Waals surface area contributed by atoms with E-state index in [1.54, 1.807) is 0 Å². The molecule has 0 saturated heterocycles. The number of halogens is 4. The van der Waals surface area contributed by atoms with Crippen LogP contribution >= 0.6 is 31.9 Å². The van der Waals surface area contributed by atoms with Crippen LogP contribution in [-0.4, -0.2) is 6.61 Å². The Kier molecular flexibility index (Phi) is 5.58. The van der Waals surface area contributed by atoms with E-state index in [-0.39, 0.29) is 0 Å². The van der Waals surface area contributed by atoms with Crippen molar-refractivity contribution in [1.29, 1.82) is 0 Å². The van der Waals surface area contributed by atoms with E-state index in [1.165, 1.54) is 6.07 Å². The molecule has 0 aromatic heterocycles. The standard InChI is InChI=1S/C15H13Br2F2NO/c1-2-21-15-11(16)5-9(6-12(15)17)8-20-10-3-4-13(18)14(19)7-10/h3-7,20H,2,8H2,1H3. The Balaban J connectivity index is 2.11. The summed E-state index contributed by atoms with van der Waals surface area (Å²) in [5.41, 5.74) is 1.50. The molecule has 2 aromatic rings. The number of rotatable bonds is 5. The van der Waals surface area contributed by atoms with E-state index in [9.17, 15) is 8.78 Å². The summed E-state index contributed by atoms with van der Waals surface area (Å²) in [4.78, 5) is 0. The van der Waals surface area contributed by atoms with Gasteiger partial charge in [-0.25, -0.2) is 8.78 Å². The van der Waals surface area contributed by atoms with Crippen LogP contribution in [0, 0.1) is 11.6 Å². The molecule has 0 amide bonds. The van der Waals surface area contributed by atoms with E-state index in [2.05, 4.69) is 37.2 Å². The number of anilines is 1. The van der Waals surface area contributed by atoms with E-state index in [0.29, 0.717) is 18.8 Å². The molecule has 112 valence electrons. The molecule has 0 spiro atoms. The summed E-state index contributed by atoms with van der Waals surface area (Å²) in [5.74, 6) is -0.977. The highest BCUT2D eigenvalue weighted by Crippen LogP contribution is 2.35. The molecule has 0 saturated carbocycles. The van der Waals surface area contributed by atoms with E-state index in [4.69, 9.17) is 4.74 Å². The van der Waals surface area contributed by atoms with E-state index < -0.39 is 11.6 Å². The van der Waals surface area contributed by atoms with Crippen LogP contribution < -0.4 is 10.1 Å². The van der Waals surface area contributed by atoms with Gasteiger partial charge >= 0.3 is 0 Å². The first kappa shape index (κ1) is 16.2. The Morgan fingerprint density at radius 1 is 1.05 bits per heavy atom. The summed E-state index contributed by atoms with van der Waals surface area (Å²) in [6.07, 6.45) is 0. The van der Waals surface area contributed by atoms with Crippen LogP contribution in [0.25, 0.3) is 0 Å². The Bertz CT molecular complexity index is 627. The van der Waals surface area contributed by atoms with Crippen molar-refractivity contribution in [2.24, 2.45) is 0 Å². The van der Waals surface area contributed by atoms with Gasteiger partial charge in [-0.05, 0) is 68.6 Å². The van der Waals surface area contributed by atoms with Crippen molar-refractivity contribution in [1.82, 2.24) is 0 Å². The summed E-state index contributed by atoms with van der Waals surface area (Å²) in [6.45, 7) is 2.97. The van der Waals surface area contributed by atoms with Crippen molar-refractivity contribution >= 4 is 37.5 Å². The van der Waals surface area contributed by atoms with Crippen LogP contribution in [0.15, 0.2) is 39.3 Å². The third-order valence-corrected chi connectivity index (χ3v) is 3.94. The van der Waals surface area contributed by atoms with Crippen LogP contribution in [0.1, 0.15) is 12.5 Å². The SMILES string of the molecule is CCOc1c(Br)cc(CNc2ccc(F)c(F)c2)cc1Br. The topological polar surface area (TPSA) is 21.3 Å². The zero-order valence-corrected chi connectivity index (χ0v) is 14.4. The smallest absolute Gasteiger partial charge is 0.160 e. The first-order chi connectivity index (χ1) is 10.0. The van der Waals surface area contributed by atoms with Crippen LogP contribution in [-0.2, 0) is 6.54 Å². The number of ether oxygens (including phenoxy) is 1. The van der Waals surface area contributed by atoms with Crippen molar-refractivity contribution < 1.29 is 13.5 Å². The van der Waals surface area contributed by atoms with Crippen molar-refractivity contribution in [2.45, 2.75) is 13.5 Å². The second-order valence-electron chi connectivity index (χ2n) is 4.30. The molecule has 0 aliphatic rings. The average Bonchev–Trinajstić information content (AvgIpc) is 2.44. The molecule has 0 aliphatic heterocycles. The van der Waals surface area contributed by atoms with Crippen molar-refractivity contribution in [3.05, 3.63) is 56.5 Å². The molecule has 0 heterocycles. The van der Waals surface area contributed by atoms with Crippen molar-refractivity contribution in [3.63, 3.8) is 0 Å². The van der Waals surface area contributed by atoms with Gasteiger partial charge in [0.15, 0.2) is 11.6 Å². The number of benzene rings is 2. The fourth-order valence-corrected chi connectivity index (χ4v) is 3.32. The first-order valence-corrected chi connectivity index (χ1v) is 7.89. The molecule has 0 fully saturated rings. The van der Waals surface area contributed by atoms with Gasteiger partial charge in [-0.15, -0.1) is 0 Å². The minimum absolute atomic E-state index is 0.481. The van der Waals surface area contributed by atoms with Crippen molar-refractivity contribution in [3.8, 4) is 5.75 Å². The third kappa shape index (κ3) is 4.17. The summed E-state index contributed by atoms with van der Waals surface area (Å²) in [5, 5.41) is 3.05. The fourth-order valence-electron chi connectivity index (χ4n) is 1.81. The average molecular weight is 421 g/mol. The molecular weight excluding hydrogens is 408 g/mol. The quantitative estimate of drug-likeness (QED) is 0.689. The Morgan fingerprint density at radius 2 is 1.71 bits per heavy atom. The van der Waals surface area contributed by atoms with E-state index in [1.807, 2.05) is 19.1 Å². The van der Waals surface area contributed by atoms with E-state index in [0.717, 1.165) is 32.4 Å². The third-order valence-electron chi connectivity index (χ3n) is 2.76. The minimum atomic E-state index is -0.867. The second kappa shape index (κ2) is 7.22. The largest absolute Gasteiger partial charge is 0.492 e. The highest BCUT2D eigenvalue weighted by atomic mass is 79.9. The molecule has 0 unspecified atom stereocenters. The van der Waals surface area contributed by atoms with Gasteiger partial charge in [0.05, 0.1) is 15.6 Å². The lowest BCUT2D eigenvalue weighted by molar-refractivity contribution is 0.336. The van der Waals surface area contributed by atoms with Crippen LogP contribution in [0.4, 0.5) is 14.5 Å². The van der Waals surface area contributed by atoms with E-state index >= 15 is 0 Å². The molecule has 1 N–H and O–H groups in total. The summed E-state index contributed by atoms with van der Waals surface area (Å²) in [7, 11) is 0. The molecule has 0 aliphatic carbocycles. The van der Waals surface area contributed by atoms with Gasteiger partial charge < -0.3 is 10.1 Å². The summed E-state index contributed by atoms with van der Waals surface area (Å²) < 4.78 is 33.2. The molecule has 21 heavy (non-hydrogen) atoms. The molecule has 0 atom stereocenters. The lowest BCUT2D eigenvalue weighted by Gasteiger charge is -2.12. The molecule has 6 heteroatoms. The molecule has 2 rings (SSSR count). The number of hydrogen-bond donors (Lipinski definition) is 1. The fraction of sp³-hybridized carbons (Fsp3) is 0.200. The molecule has 2 nitrogen and oxygen atoms in total. The highest BCUT2D eigenvalue weighted by Gasteiger charge is 2.09. The normalized spacial score (nSPS) is 10.5. The Hall–Kier alpha value is -1.14.